The van der Waals surface area contributed by atoms with E-state index < -0.39 is 0 Å². The topological polar surface area (TPSA) is 74.7 Å². The van der Waals surface area contributed by atoms with Gasteiger partial charge in [0.25, 0.3) is 0 Å². The van der Waals surface area contributed by atoms with Crippen LogP contribution in [0.4, 0.5) is 0 Å². The highest BCUT2D eigenvalue weighted by molar-refractivity contribution is 6.34. The van der Waals surface area contributed by atoms with Crippen LogP contribution in [0.15, 0.2) is 55.0 Å². The average Bonchev–Trinajstić information content (AvgIpc) is 2.98. The van der Waals surface area contributed by atoms with Crippen molar-refractivity contribution in [1.82, 2.24) is 19.9 Å². The quantitative estimate of drug-likeness (QED) is 0.462. The summed E-state index contributed by atoms with van der Waals surface area (Å²) >= 11 is 6.39. The molecule has 0 aliphatic heterocycles. The van der Waals surface area contributed by atoms with Crippen molar-refractivity contribution in [2.75, 3.05) is 0 Å². The number of halogens is 1. The van der Waals surface area contributed by atoms with Crippen LogP contribution in [0.3, 0.4) is 0 Å². The summed E-state index contributed by atoms with van der Waals surface area (Å²) in [6.45, 7) is 0. The van der Waals surface area contributed by atoms with Crippen molar-refractivity contribution in [3.8, 4) is 17.0 Å². The summed E-state index contributed by atoms with van der Waals surface area (Å²) in [5, 5.41) is 12.9. The molecular formula is C19H11ClN4O. The number of nitrogens with one attached hydrogen (secondary N) is 1. The molecule has 5 nitrogen and oxygen atoms in total. The van der Waals surface area contributed by atoms with Gasteiger partial charge in [-0.15, -0.1) is 0 Å². The number of benzene rings is 2. The lowest BCUT2D eigenvalue weighted by atomic mass is 10.1. The van der Waals surface area contributed by atoms with Crippen molar-refractivity contribution in [3.05, 3.63) is 60.0 Å². The summed E-state index contributed by atoms with van der Waals surface area (Å²) in [6.07, 6.45) is 3.41. The fourth-order valence-electron chi connectivity index (χ4n) is 3.21. The van der Waals surface area contributed by atoms with Crippen LogP contribution in [0.1, 0.15) is 0 Å². The van der Waals surface area contributed by atoms with Crippen LogP contribution in [0, 0.1) is 0 Å². The van der Waals surface area contributed by atoms with Gasteiger partial charge in [-0.3, -0.25) is 0 Å². The lowest BCUT2D eigenvalue weighted by Crippen LogP contribution is -1.83. The third-order valence-corrected chi connectivity index (χ3v) is 4.64. The van der Waals surface area contributed by atoms with E-state index in [9.17, 15) is 5.11 Å². The van der Waals surface area contributed by atoms with Crippen LogP contribution in [-0.4, -0.2) is 25.0 Å². The molecule has 0 bridgehead atoms. The Kier molecular flexibility index (Phi) is 2.93. The second-order valence-corrected chi connectivity index (χ2v) is 6.20. The van der Waals surface area contributed by atoms with Crippen molar-refractivity contribution < 1.29 is 5.11 Å². The van der Waals surface area contributed by atoms with E-state index in [1.165, 1.54) is 6.07 Å². The number of phenols is 1. The van der Waals surface area contributed by atoms with E-state index in [2.05, 4.69) is 15.0 Å². The van der Waals surface area contributed by atoms with Crippen LogP contribution in [0.25, 0.3) is 44.1 Å². The van der Waals surface area contributed by atoms with Gasteiger partial charge in [0.05, 0.1) is 33.5 Å². The molecule has 0 aliphatic carbocycles. The van der Waals surface area contributed by atoms with E-state index in [0.29, 0.717) is 16.4 Å². The summed E-state index contributed by atoms with van der Waals surface area (Å²) < 4.78 is 0. The first kappa shape index (κ1) is 14.2. The first-order valence-corrected chi connectivity index (χ1v) is 8.09. The Balaban J connectivity index is 2.06. The van der Waals surface area contributed by atoms with Crippen molar-refractivity contribution in [2.24, 2.45) is 0 Å². The molecule has 0 spiro atoms. The zero-order valence-electron chi connectivity index (χ0n) is 12.9. The van der Waals surface area contributed by atoms with Gasteiger partial charge in [0.1, 0.15) is 5.75 Å². The number of rotatable bonds is 1. The average molecular weight is 347 g/mol. The van der Waals surface area contributed by atoms with Crippen LogP contribution in [0.5, 0.6) is 5.75 Å². The zero-order chi connectivity index (χ0) is 17.0. The SMILES string of the molecule is Oc1ccc(-c2nc3ccccc3c3[nH]cnc4ncc2c43)c(Cl)c1. The van der Waals surface area contributed by atoms with E-state index in [-0.39, 0.29) is 5.75 Å². The molecule has 0 fully saturated rings. The number of para-hydroxylation sites is 1. The minimum Gasteiger partial charge on any atom is -0.508 e. The molecule has 6 heteroatoms. The summed E-state index contributed by atoms with van der Waals surface area (Å²) in [4.78, 5) is 16.9. The number of nitrogens with zero attached hydrogens (tertiary/aromatic N) is 3. The predicted molar refractivity (Wildman–Crippen MR) is 98.8 cm³/mol. The first-order valence-electron chi connectivity index (χ1n) is 7.72. The second-order valence-electron chi connectivity index (χ2n) is 5.79. The molecule has 120 valence electrons. The number of phenolic OH excluding ortho intramolecular Hbond substituents is 1. The van der Waals surface area contributed by atoms with E-state index >= 15 is 0 Å². The van der Waals surface area contributed by atoms with Gasteiger partial charge in [-0.1, -0.05) is 29.8 Å². The van der Waals surface area contributed by atoms with E-state index in [0.717, 1.165) is 32.8 Å². The van der Waals surface area contributed by atoms with Crippen molar-refractivity contribution in [2.45, 2.75) is 0 Å². The number of fused-ring (bicyclic) bond motifs is 2. The standard InChI is InChI=1S/C19H11ClN4O/c20-14-7-10(25)5-6-11(14)17-13-8-21-19-16(13)18(22-9-23-19)12-3-1-2-4-15(12)24-17/h1-9,25H,(H,21,22,23). The molecule has 25 heavy (non-hydrogen) atoms. The Morgan fingerprint density at radius 2 is 1.88 bits per heavy atom. The monoisotopic (exact) mass is 346 g/mol. The Morgan fingerprint density at radius 3 is 2.76 bits per heavy atom. The Labute approximate surface area is 146 Å². The summed E-state index contributed by atoms with van der Waals surface area (Å²) in [5.41, 5.74) is 3.87. The maximum Gasteiger partial charge on any atom is 0.163 e. The molecule has 0 amide bonds. The highest BCUT2D eigenvalue weighted by atomic mass is 35.5. The molecule has 0 saturated carbocycles. The molecule has 3 aromatic heterocycles. The van der Waals surface area contributed by atoms with Crippen molar-refractivity contribution in [3.63, 3.8) is 0 Å². The summed E-state index contributed by atoms with van der Waals surface area (Å²) in [5.74, 6) is 0.115. The molecule has 0 saturated heterocycles. The highest BCUT2D eigenvalue weighted by Crippen LogP contribution is 2.37. The van der Waals surface area contributed by atoms with Crippen molar-refractivity contribution in [1.29, 1.82) is 0 Å². The smallest absolute Gasteiger partial charge is 0.163 e. The Morgan fingerprint density at radius 1 is 1.00 bits per heavy atom. The molecular weight excluding hydrogens is 336 g/mol. The molecule has 2 N–H and O–H groups in total. The van der Waals surface area contributed by atoms with Crippen molar-refractivity contribution >= 4 is 44.4 Å². The zero-order valence-corrected chi connectivity index (χ0v) is 13.6. The molecule has 0 radical (unpaired) electrons. The van der Waals surface area contributed by atoms with E-state index in [1.54, 1.807) is 24.7 Å². The van der Waals surface area contributed by atoms with Crippen LogP contribution in [0.2, 0.25) is 5.02 Å². The molecule has 2 aromatic carbocycles. The molecule has 5 rings (SSSR count). The number of H-pyrrole nitrogens is 1. The molecule has 0 unspecified atom stereocenters. The number of aromatic hydroxyl groups is 1. The number of aromatic nitrogens is 4. The molecule has 0 atom stereocenters. The molecule has 3 heterocycles. The maximum atomic E-state index is 9.67. The third kappa shape index (κ3) is 2.06. The van der Waals surface area contributed by atoms with Gasteiger partial charge in [-0.2, -0.15) is 0 Å². The molecule has 5 aromatic rings. The van der Waals surface area contributed by atoms with Gasteiger partial charge in [0.2, 0.25) is 0 Å². The van der Waals surface area contributed by atoms with Crippen LogP contribution in [-0.2, 0) is 0 Å². The minimum absolute atomic E-state index is 0.115. The van der Waals surface area contributed by atoms with Gasteiger partial charge < -0.3 is 10.1 Å². The van der Waals surface area contributed by atoms with Gasteiger partial charge in [-0.05, 0) is 24.3 Å². The van der Waals surface area contributed by atoms with Gasteiger partial charge >= 0.3 is 0 Å². The Hall–Kier alpha value is -3.18. The van der Waals surface area contributed by atoms with Crippen LogP contribution >= 0.6 is 11.6 Å². The largest absolute Gasteiger partial charge is 0.508 e. The fourth-order valence-corrected chi connectivity index (χ4v) is 3.47. The minimum atomic E-state index is 0.115. The van der Waals surface area contributed by atoms with E-state index in [4.69, 9.17) is 16.6 Å². The summed E-state index contributed by atoms with van der Waals surface area (Å²) in [7, 11) is 0. The van der Waals surface area contributed by atoms with E-state index in [1.807, 2.05) is 24.3 Å². The lowest BCUT2D eigenvalue weighted by Gasteiger charge is -2.04. The third-order valence-electron chi connectivity index (χ3n) is 4.32. The number of aromatic amines is 1. The fraction of sp³-hybridized carbons (Fsp3) is 0. The number of hydrogen-bond acceptors (Lipinski definition) is 4. The van der Waals surface area contributed by atoms with Gasteiger partial charge in [0.15, 0.2) is 5.65 Å². The van der Waals surface area contributed by atoms with Gasteiger partial charge in [0, 0.05) is 22.5 Å². The maximum absolute atomic E-state index is 9.67. The second kappa shape index (κ2) is 5.16. The predicted octanol–water partition coefficient (Wildman–Crippen LogP) is 4.69. The van der Waals surface area contributed by atoms with Gasteiger partial charge in [-0.25, -0.2) is 15.0 Å². The summed E-state index contributed by atoms with van der Waals surface area (Å²) in [6, 6.07) is 12.8. The first-order chi connectivity index (χ1) is 12.2. The number of hydrogen-bond donors (Lipinski definition) is 2. The van der Waals surface area contributed by atoms with Crippen LogP contribution < -0.4 is 0 Å². The lowest BCUT2D eigenvalue weighted by molar-refractivity contribution is 0.475. The normalized spacial score (nSPS) is 11.6. The Bertz CT molecular complexity index is 1280. The molecule has 0 aliphatic rings. The highest BCUT2D eigenvalue weighted by Gasteiger charge is 2.16.